The number of carbonyl (C=O) groups is 1. The van der Waals surface area contributed by atoms with Gasteiger partial charge < -0.3 is 9.67 Å². The van der Waals surface area contributed by atoms with Gasteiger partial charge in [-0.15, -0.1) is 10.2 Å². The summed E-state index contributed by atoms with van der Waals surface area (Å²) in [6.07, 6.45) is 8.08. The third-order valence-corrected chi connectivity index (χ3v) is 4.48. The fraction of sp³-hybridized carbons (Fsp3) is 0.750. The van der Waals surface area contributed by atoms with Gasteiger partial charge in [-0.25, -0.2) is 0 Å². The van der Waals surface area contributed by atoms with Crippen molar-refractivity contribution in [1.82, 2.24) is 14.8 Å². The van der Waals surface area contributed by atoms with Crippen molar-refractivity contribution in [3.8, 4) is 0 Å². The lowest BCUT2D eigenvalue weighted by Gasteiger charge is -2.33. The Kier molecular flexibility index (Phi) is 4.27. The fourth-order valence-electron chi connectivity index (χ4n) is 2.57. The molecule has 1 fully saturated rings. The molecule has 18 heavy (non-hydrogen) atoms. The van der Waals surface area contributed by atoms with E-state index >= 15 is 0 Å². The van der Waals surface area contributed by atoms with Crippen LogP contribution in [0.15, 0.2) is 11.5 Å². The largest absolute Gasteiger partial charge is 0.481 e. The molecule has 0 spiro atoms. The molecule has 0 radical (unpaired) electrons. The molecule has 5 nitrogen and oxygen atoms in total. The van der Waals surface area contributed by atoms with Crippen molar-refractivity contribution in [2.45, 2.75) is 50.7 Å². The second-order valence-corrected chi connectivity index (χ2v) is 6.24. The van der Waals surface area contributed by atoms with Gasteiger partial charge in [0.05, 0.1) is 5.75 Å². The van der Waals surface area contributed by atoms with Gasteiger partial charge in [0.25, 0.3) is 0 Å². The van der Waals surface area contributed by atoms with Crippen LogP contribution >= 0.6 is 11.8 Å². The van der Waals surface area contributed by atoms with E-state index in [2.05, 4.69) is 17.1 Å². The maximum atomic E-state index is 10.6. The zero-order valence-corrected chi connectivity index (χ0v) is 11.4. The summed E-state index contributed by atoms with van der Waals surface area (Å²) in [5.74, 6) is -0.784. The second kappa shape index (κ2) is 5.73. The highest BCUT2D eigenvalue weighted by Crippen LogP contribution is 2.37. The molecular formula is C12H19N3O2S. The lowest BCUT2D eigenvalue weighted by Crippen LogP contribution is -2.26. The van der Waals surface area contributed by atoms with Gasteiger partial charge >= 0.3 is 5.97 Å². The number of aromatic nitrogens is 3. The molecule has 1 aliphatic rings. The molecule has 1 heterocycles. The van der Waals surface area contributed by atoms with Crippen molar-refractivity contribution in [3.63, 3.8) is 0 Å². The van der Waals surface area contributed by atoms with E-state index in [1.54, 1.807) is 6.33 Å². The summed E-state index contributed by atoms with van der Waals surface area (Å²) in [6, 6.07) is 0. The predicted molar refractivity (Wildman–Crippen MR) is 69.6 cm³/mol. The Hall–Kier alpha value is -1.04. The molecule has 2 rings (SSSR count). The minimum absolute atomic E-state index is 0.0371. The predicted octanol–water partition coefficient (Wildman–Crippen LogP) is 2.43. The number of hydrogen-bond donors (Lipinski definition) is 1. The highest BCUT2D eigenvalue weighted by Gasteiger charge is 2.28. The highest BCUT2D eigenvalue weighted by molar-refractivity contribution is 7.99. The summed E-state index contributed by atoms with van der Waals surface area (Å²) < 4.78 is 2.00. The van der Waals surface area contributed by atoms with Gasteiger partial charge in [-0.2, -0.15) is 0 Å². The number of carboxylic acid groups (broad SMARTS) is 1. The smallest absolute Gasteiger partial charge is 0.313 e. The van der Waals surface area contributed by atoms with Gasteiger partial charge in [-0.1, -0.05) is 37.9 Å². The van der Waals surface area contributed by atoms with Gasteiger partial charge in [0.15, 0.2) is 5.16 Å². The molecule has 100 valence electrons. The first-order valence-electron chi connectivity index (χ1n) is 6.31. The topological polar surface area (TPSA) is 68.0 Å². The van der Waals surface area contributed by atoms with Crippen LogP contribution in [-0.2, 0) is 11.3 Å². The first-order valence-corrected chi connectivity index (χ1v) is 7.30. The van der Waals surface area contributed by atoms with E-state index in [-0.39, 0.29) is 5.75 Å². The van der Waals surface area contributed by atoms with Crippen LogP contribution < -0.4 is 0 Å². The molecule has 0 atom stereocenters. The van der Waals surface area contributed by atoms with Crippen molar-refractivity contribution in [2.75, 3.05) is 5.75 Å². The molecule has 0 aliphatic heterocycles. The van der Waals surface area contributed by atoms with E-state index < -0.39 is 5.97 Å². The monoisotopic (exact) mass is 269 g/mol. The Bertz CT molecular complexity index is 413. The second-order valence-electron chi connectivity index (χ2n) is 5.30. The number of hydrogen-bond acceptors (Lipinski definition) is 4. The molecule has 0 amide bonds. The highest BCUT2D eigenvalue weighted by atomic mass is 32.2. The quantitative estimate of drug-likeness (QED) is 0.831. The van der Waals surface area contributed by atoms with Crippen molar-refractivity contribution in [2.24, 2.45) is 5.41 Å². The van der Waals surface area contributed by atoms with E-state index in [4.69, 9.17) is 5.11 Å². The summed E-state index contributed by atoms with van der Waals surface area (Å²) in [5, 5.41) is 17.3. The zero-order valence-electron chi connectivity index (χ0n) is 10.6. The average molecular weight is 269 g/mol. The number of rotatable bonds is 5. The minimum Gasteiger partial charge on any atom is -0.481 e. The number of carboxylic acids is 1. The molecule has 1 saturated carbocycles. The molecule has 1 aromatic rings. The Morgan fingerprint density at radius 1 is 1.50 bits per heavy atom. The van der Waals surface area contributed by atoms with Crippen molar-refractivity contribution in [3.05, 3.63) is 6.33 Å². The fourth-order valence-corrected chi connectivity index (χ4v) is 3.20. The van der Waals surface area contributed by atoms with Crippen molar-refractivity contribution in [1.29, 1.82) is 0 Å². The molecule has 1 N–H and O–H groups in total. The zero-order chi connectivity index (χ0) is 13.0. The minimum atomic E-state index is -0.821. The lowest BCUT2D eigenvalue weighted by molar-refractivity contribution is -0.133. The maximum Gasteiger partial charge on any atom is 0.313 e. The summed E-state index contributed by atoms with van der Waals surface area (Å²) in [5.41, 5.74) is 0.305. The summed E-state index contributed by atoms with van der Waals surface area (Å²) in [7, 11) is 0. The van der Waals surface area contributed by atoms with Crippen LogP contribution in [0.3, 0.4) is 0 Å². The molecule has 0 unspecified atom stereocenters. The van der Waals surface area contributed by atoms with Gasteiger partial charge in [0, 0.05) is 6.54 Å². The van der Waals surface area contributed by atoms with Gasteiger partial charge in [0.2, 0.25) is 0 Å². The third kappa shape index (κ3) is 3.48. The first-order chi connectivity index (χ1) is 8.59. The van der Waals surface area contributed by atoms with Gasteiger partial charge in [-0.05, 0) is 18.3 Å². The van der Waals surface area contributed by atoms with Gasteiger partial charge in [0.1, 0.15) is 6.33 Å². The van der Waals surface area contributed by atoms with Crippen molar-refractivity contribution < 1.29 is 9.90 Å². The first kappa shape index (κ1) is 13.4. The Morgan fingerprint density at radius 3 is 2.89 bits per heavy atom. The van der Waals surface area contributed by atoms with Crippen LogP contribution in [0.4, 0.5) is 0 Å². The van der Waals surface area contributed by atoms with E-state index in [1.165, 1.54) is 43.9 Å². The lowest BCUT2D eigenvalue weighted by atomic mass is 9.76. The van der Waals surface area contributed by atoms with Crippen LogP contribution in [0.5, 0.6) is 0 Å². The van der Waals surface area contributed by atoms with Crippen LogP contribution in [0.25, 0.3) is 0 Å². The van der Waals surface area contributed by atoms with Crippen LogP contribution in [0, 0.1) is 5.41 Å². The number of nitrogens with zero attached hydrogens (tertiary/aromatic N) is 3. The molecule has 1 aliphatic carbocycles. The molecule has 0 saturated heterocycles. The standard InChI is InChI=1S/C12H19N3O2S/c1-12(5-3-2-4-6-12)8-15-9-13-14-11(15)18-7-10(16)17/h9H,2-8H2,1H3,(H,16,17). The van der Waals surface area contributed by atoms with Crippen LogP contribution in [0.2, 0.25) is 0 Å². The maximum absolute atomic E-state index is 10.6. The van der Waals surface area contributed by atoms with E-state index in [0.717, 1.165) is 6.54 Å². The number of aliphatic carboxylic acids is 1. The normalized spacial score (nSPS) is 18.7. The van der Waals surface area contributed by atoms with Crippen LogP contribution in [-0.4, -0.2) is 31.6 Å². The molecule has 1 aromatic heterocycles. The third-order valence-electron chi connectivity index (χ3n) is 3.52. The Labute approximate surface area is 111 Å². The van der Waals surface area contributed by atoms with Crippen molar-refractivity contribution >= 4 is 17.7 Å². The van der Waals surface area contributed by atoms with Crippen LogP contribution in [0.1, 0.15) is 39.0 Å². The molecular weight excluding hydrogens is 250 g/mol. The van der Waals surface area contributed by atoms with E-state index in [0.29, 0.717) is 10.6 Å². The van der Waals surface area contributed by atoms with E-state index in [9.17, 15) is 4.79 Å². The summed E-state index contributed by atoms with van der Waals surface area (Å²) in [6.45, 7) is 3.19. The number of thioether (sulfide) groups is 1. The Morgan fingerprint density at radius 2 is 2.22 bits per heavy atom. The van der Waals surface area contributed by atoms with Gasteiger partial charge in [-0.3, -0.25) is 4.79 Å². The SMILES string of the molecule is CC1(Cn2cnnc2SCC(=O)O)CCCCC1. The summed E-state index contributed by atoms with van der Waals surface area (Å²) >= 11 is 1.24. The van der Waals surface area contributed by atoms with E-state index in [1.807, 2.05) is 4.57 Å². The molecule has 0 aromatic carbocycles. The summed E-state index contributed by atoms with van der Waals surface area (Å²) in [4.78, 5) is 10.6. The Balaban J connectivity index is 2.00. The molecule has 0 bridgehead atoms. The molecule has 6 heteroatoms. The average Bonchev–Trinajstić information content (AvgIpc) is 2.74.